The fourth-order valence-corrected chi connectivity index (χ4v) is 6.98. The molecule has 0 N–H and O–H groups in total. The monoisotopic (exact) mass is 520 g/mol. The van der Waals surface area contributed by atoms with Crippen LogP contribution in [0.5, 0.6) is 0 Å². The van der Waals surface area contributed by atoms with E-state index in [9.17, 15) is 9.59 Å². The highest BCUT2D eigenvalue weighted by Crippen LogP contribution is 2.40. The third-order valence-corrected chi connectivity index (χ3v) is 9.46. The van der Waals surface area contributed by atoms with Crippen molar-refractivity contribution in [1.82, 2.24) is 0 Å². The van der Waals surface area contributed by atoms with Gasteiger partial charge in [-0.1, -0.05) is 57.6 Å². The number of benzene rings is 2. The molecule has 204 valence electrons. The van der Waals surface area contributed by atoms with Crippen molar-refractivity contribution in [3.05, 3.63) is 97.1 Å². The van der Waals surface area contributed by atoms with Crippen LogP contribution in [0.25, 0.3) is 6.08 Å². The number of fused-ring (bicyclic) bond motifs is 2. The number of rotatable bonds is 8. The van der Waals surface area contributed by atoms with E-state index < -0.39 is 0 Å². The standard InChI is InChI=1S/C37H44O2/c1-21(2)11-12-28-16-31-17-29-18-32(19-30(29)20-34(31)37(28)39)36-27(9-8-10-35(36)38)13-22(3)14-33-25(6)23(4)15-24(5)26(33)7/h8-9,15,17,19-22,28H,10-14,16,18H2,1-7H3. The molecule has 0 saturated heterocycles. The maximum absolute atomic E-state index is 13.3. The Morgan fingerprint density at radius 3 is 2.31 bits per heavy atom. The van der Waals surface area contributed by atoms with Gasteiger partial charge in [0.25, 0.3) is 0 Å². The lowest BCUT2D eigenvalue weighted by molar-refractivity contribution is -0.114. The van der Waals surface area contributed by atoms with Crippen molar-refractivity contribution in [3.8, 4) is 0 Å². The predicted molar refractivity (Wildman–Crippen MR) is 162 cm³/mol. The number of Topliss-reactive ketones (excluding diaryl/α,β-unsaturated/α-hetero) is 2. The van der Waals surface area contributed by atoms with Crippen molar-refractivity contribution < 1.29 is 9.59 Å². The van der Waals surface area contributed by atoms with Gasteiger partial charge in [0.2, 0.25) is 0 Å². The second-order valence-corrected chi connectivity index (χ2v) is 13.0. The average molecular weight is 521 g/mol. The normalized spacial score (nSPS) is 19.2. The molecule has 2 aromatic carbocycles. The Labute approximate surface area is 235 Å². The Morgan fingerprint density at radius 1 is 0.897 bits per heavy atom. The minimum atomic E-state index is 0.138. The van der Waals surface area contributed by atoms with Gasteiger partial charge in [0.05, 0.1) is 0 Å². The van der Waals surface area contributed by atoms with Crippen LogP contribution in [-0.2, 0) is 24.1 Å². The Bertz CT molecular complexity index is 1420. The Kier molecular flexibility index (Phi) is 7.68. The summed E-state index contributed by atoms with van der Waals surface area (Å²) in [4.78, 5) is 26.5. The van der Waals surface area contributed by atoms with Gasteiger partial charge in [0.1, 0.15) is 0 Å². The second-order valence-electron chi connectivity index (χ2n) is 13.0. The summed E-state index contributed by atoms with van der Waals surface area (Å²) in [6.45, 7) is 15.7. The van der Waals surface area contributed by atoms with Gasteiger partial charge in [-0.3, -0.25) is 9.59 Å². The highest BCUT2D eigenvalue weighted by molar-refractivity contribution is 6.06. The van der Waals surface area contributed by atoms with Crippen LogP contribution in [-0.4, -0.2) is 11.6 Å². The molecule has 3 aliphatic carbocycles. The SMILES string of the molecule is Cc1cc(C)c(C)c(CC(C)CC2=C(C3=Cc4cc5c(cc4C3)CC(CCC(C)C)C5=O)C(=O)CC=C2)c1C. The van der Waals surface area contributed by atoms with Crippen molar-refractivity contribution in [2.75, 3.05) is 0 Å². The summed E-state index contributed by atoms with van der Waals surface area (Å²) in [7, 11) is 0. The average Bonchev–Trinajstić information content (AvgIpc) is 3.42. The molecule has 2 aromatic rings. The van der Waals surface area contributed by atoms with E-state index in [2.05, 4.69) is 78.8 Å². The first-order valence-electron chi connectivity index (χ1n) is 14.9. The van der Waals surface area contributed by atoms with E-state index in [1.807, 2.05) is 6.08 Å². The smallest absolute Gasteiger partial charge is 0.167 e. The fraction of sp³-hybridized carbons (Fsp3) is 0.459. The van der Waals surface area contributed by atoms with Gasteiger partial charge < -0.3 is 0 Å². The molecule has 0 aliphatic heterocycles. The zero-order valence-corrected chi connectivity index (χ0v) is 25.0. The highest BCUT2D eigenvalue weighted by Gasteiger charge is 2.33. The van der Waals surface area contributed by atoms with Gasteiger partial charge in [-0.15, -0.1) is 0 Å². The highest BCUT2D eigenvalue weighted by atomic mass is 16.1. The largest absolute Gasteiger partial charge is 0.294 e. The molecule has 2 nitrogen and oxygen atoms in total. The second kappa shape index (κ2) is 10.9. The lowest BCUT2D eigenvalue weighted by atomic mass is 9.82. The first kappa shape index (κ1) is 27.6. The minimum absolute atomic E-state index is 0.138. The number of aryl methyl sites for hydroxylation is 2. The number of hydrogen-bond donors (Lipinski definition) is 0. The van der Waals surface area contributed by atoms with E-state index >= 15 is 0 Å². The molecular formula is C37H44O2. The lowest BCUT2D eigenvalue weighted by Gasteiger charge is -2.22. The molecule has 0 spiro atoms. The van der Waals surface area contributed by atoms with E-state index in [-0.39, 0.29) is 11.7 Å². The fourth-order valence-electron chi connectivity index (χ4n) is 6.98. The Balaban J connectivity index is 1.39. The number of ketones is 2. The lowest BCUT2D eigenvalue weighted by Crippen LogP contribution is -2.14. The topological polar surface area (TPSA) is 34.1 Å². The van der Waals surface area contributed by atoms with Crippen LogP contribution in [0.2, 0.25) is 0 Å². The molecule has 0 amide bonds. The van der Waals surface area contributed by atoms with E-state index in [1.54, 1.807) is 0 Å². The number of carbonyl (C=O) groups is 2. The van der Waals surface area contributed by atoms with Crippen molar-refractivity contribution in [2.24, 2.45) is 17.8 Å². The van der Waals surface area contributed by atoms with Crippen LogP contribution >= 0.6 is 0 Å². The zero-order chi connectivity index (χ0) is 28.0. The molecule has 0 saturated carbocycles. The van der Waals surface area contributed by atoms with Crippen LogP contribution in [0.1, 0.15) is 101 Å². The summed E-state index contributed by atoms with van der Waals surface area (Å²) in [5, 5.41) is 0. The van der Waals surface area contributed by atoms with Gasteiger partial charge in [-0.05, 0) is 133 Å². The van der Waals surface area contributed by atoms with Gasteiger partial charge in [0.15, 0.2) is 11.6 Å². The summed E-state index contributed by atoms with van der Waals surface area (Å²) in [6, 6.07) is 6.67. The van der Waals surface area contributed by atoms with Crippen LogP contribution in [0, 0.1) is 45.4 Å². The molecule has 5 rings (SSSR count). The molecule has 2 atom stereocenters. The van der Waals surface area contributed by atoms with E-state index in [0.29, 0.717) is 24.0 Å². The number of allylic oxidation sites excluding steroid dienone is 5. The summed E-state index contributed by atoms with van der Waals surface area (Å²) in [5.41, 5.74) is 14.7. The van der Waals surface area contributed by atoms with Crippen molar-refractivity contribution in [1.29, 1.82) is 0 Å². The molecular weight excluding hydrogens is 476 g/mol. The van der Waals surface area contributed by atoms with Crippen molar-refractivity contribution >= 4 is 17.6 Å². The van der Waals surface area contributed by atoms with E-state index in [0.717, 1.165) is 60.8 Å². The summed E-state index contributed by atoms with van der Waals surface area (Å²) in [5.74, 6) is 1.74. The number of hydrogen-bond acceptors (Lipinski definition) is 2. The summed E-state index contributed by atoms with van der Waals surface area (Å²) < 4.78 is 0. The van der Waals surface area contributed by atoms with Crippen LogP contribution < -0.4 is 0 Å². The molecule has 39 heavy (non-hydrogen) atoms. The maximum atomic E-state index is 13.3. The first-order valence-corrected chi connectivity index (χ1v) is 14.9. The molecule has 0 aromatic heterocycles. The Morgan fingerprint density at radius 2 is 1.62 bits per heavy atom. The molecule has 0 radical (unpaired) electrons. The van der Waals surface area contributed by atoms with Crippen LogP contribution in [0.15, 0.2) is 47.1 Å². The molecule has 3 aliphatic rings. The number of carbonyl (C=O) groups excluding carboxylic acids is 2. The minimum Gasteiger partial charge on any atom is -0.294 e. The summed E-state index contributed by atoms with van der Waals surface area (Å²) in [6.07, 6.45) is 12.5. The molecule has 0 heterocycles. The van der Waals surface area contributed by atoms with Gasteiger partial charge in [-0.25, -0.2) is 0 Å². The molecule has 2 heteroatoms. The predicted octanol–water partition coefficient (Wildman–Crippen LogP) is 8.75. The van der Waals surface area contributed by atoms with Gasteiger partial charge in [0, 0.05) is 23.5 Å². The van der Waals surface area contributed by atoms with Crippen molar-refractivity contribution in [3.63, 3.8) is 0 Å². The maximum Gasteiger partial charge on any atom is 0.167 e. The van der Waals surface area contributed by atoms with Gasteiger partial charge in [-0.2, -0.15) is 0 Å². The first-order chi connectivity index (χ1) is 18.5. The van der Waals surface area contributed by atoms with Gasteiger partial charge >= 0.3 is 0 Å². The molecule has 0 fully saturated rings. The van der Waals surface area contributed by atoms with E-state index in [4.69, 9.17) is 0 Å². The van der Waals surface area contributed by atoms with Crippen LogP contribution in [0.3, 0.4) is 0 Å². The van der Waals surface area contributed by atoms with Crippen molar-refractivity contribution in [2.45, 2.75) is 93.4 Å². The molecule has 0 bridgehead atoms. The quantitative estimate of drug-likeness (QED) is 0.349. The third-order valence-electron chi connectivity index (χ3n) is 9.46. The third kappa shape index (κ3) is 5.40. The van der Waals surface area contributed by atoms with E-state index in [1.165, 1.54) is 44.5 Å². The van der Waals surface area contributed by atoms with Crippen LogP contribution in [0.4, 0.5) is 0 Å². The molecule has 2 unspecified atom stereocenters. The Hall–Kier alpha value is -3.00. The summed E-state index contributed by atoms with van der Waals surface area (Å²) >= 11 is 0. The zero-order valence-electron chi connectivity index (χ0n) is 25.0.